The molecule has 0 saturated carbocycles. The normalized spacial score (nSPS) is 13.3. The first-order chi connectivity index (χ1) is 9.03. The summed E-state index contributed by atoms with van der Waals surface area (Å²) in [6, 6.07) is 10.4. The van der Waals surface area contributed by atoms with E-state index in [0.29, 0.717) is 6.04 Å². The van der Waals surface area contributed by atoms with Crippen molar-refractivity contribution in [1.29, 1.82) is 0 Å². The standard InChI is InChI=1S/C16H27NO2/c1-14(13-16(2,3)18-4)17-11-8-12-19-15-9-6-5-7-10-15/h5-7,9-10,14,17H,8,11-13H2,1-4H3. The van der Waals surface area contributed by atoms with Crippen LogP contribution in [0.2, 0.25) is 0 Å². The summed E-state index contributed by atoms with van der Waals surface area (Å²) in [6.07, 6.45) is 2.01. The molecule has 3 nitrogen and oxygen atoms in total. The number of hydrogen-bond donors (Lipinski definition) is 1. The molecular weight excluding hydrogens is 238 g/mol. The van der Waals surface area contributed by atoms with Crippen molar-refractivity contribution in [3.05, 3.63) is 30.3 Å². The molecule has 0 aliphatic carbocycles. The van der Waals surface area contributed by atoms with Crippen molar-refractivity contribution >= 4 is 0 Å². The summed E-state index contributed by atoms with van der Waals surface area (Å²) < 4.78 is 11.1. The molecule has 0 fully saturated rings. The molecule has 0 aliphatic heterocycles. The van der Waals surface area contributed by atoms with Gasteiger partial charge in [0.15, 0.2) is 0 Å². The van der Waals surface area contributed by atoms with Gasteiger partial charge < -0.3 is 14.8 Å². The fourth-order valence-corrected chi connectivity index (χ4v) is 2.02. The van der Waals surface area contributed by atoms with Crippen LogP contribution in [-0.4, -0.2) is 31.9 Å². The Balaban J connectivity index is 2.08. The topological polar surface area (TPSA) is 30.5 Å². The highest BCUT2D eigenvalue weighted by atomic mass is 16.5. The molecule has 0 radical (unpaired) electrons. The van der Waals surface area contributed by atoms with Gasteiger partial charge in [-0.3, -0.25) is 0 Å². The van der Waals surface area contributed by atoms with E-state index < -0.39 is 0 Å². The first-order valence-corrected chi connectivity index (χ1v) is 7.00. The number of para-hydroxylation sites is 1. The van der Waals surface area contributed by atoms with Gasteiger partial charge in [0.05, 0.1) is 12.2 Å². The number of rotatable bonds is 9. The number of nitrogens with one attached hydrogen (secondary N) is 1. The first kappa shape index (κ1) is 16.0. The molecule has 3 heteroatoms. The van der Waals surface area contributed by atoms with E-state index in [4.69, 9.17) is 9.47 Å². The lowest BCUT2D eigenvalue weighted by molar-refractivity contribution is 0.00855. The lowest BCUT2D eigenvalue weighted by Gasteiger charge is -2.27. The molecule has 0 aromatic heterocycles. The van der Waals surface area contributed by atoms with E-state index in [1.165, 1.54) is 0 Å². The fourth-order valence-electron chi connectivity index (χ4n) is 2.02. The third kappa shape index (κ3) is 7.19. The van der Waals surface area contributed by atoms with Crippen LogP contribution in [0.1, 0.15) is 33.6 Å². The van der Waals surface area contributed by atoms with Gasteiger partial charge in [0, 0.05) is 13.2 Å². The Hall–Kier alpha value is -1.06. The Labute approximate surface area is 117 Å². The zero-order valence-corrected chi connectivity index (χ0v) is 12.6. The molecule has 1 aromatic carbocycles. The van der Waals surface area contributed by atoms with Gasteiger partial charge in [0.1, 0.15) is 5.75 Å². The summed E-state index contributed by atoms with van der Waals surface area (Å²) in [5.41, 5.74) is -0.0625. The van der Waals surface area contributed by atoms with E-state index in [1.54, 1.807) is 7.11 Å². The molecule has 1 N–H and O–H groups in total. The Bertz CT molecular complexity index is 338. The van der Waals surface area contributed by atoms with Crippen molar-refractivity contribution in [3.8, 4) is 5.75 Å². The highest BCUT2D eigenvalue weighted by molar-refractivity contribution is 5.20. The average molecular weight is 265 g/mol. The van der Waals surface area contributed by atoms with Crippen LogP contribution < -0.4 is 10.1 Å². The first-order valence-electron chi connectivity index (χ1n) is 7.00. The molecule has 0 bridgehead atoms. The van der Waals surface area contributed by atoms with E-state index in [0.717, 1.165) is 31.7 Å². The Morgan fingerprint density at radius 3 is 2.53 bits per heavy atom. The zero-order chi connectivity index (χ0) is 14.1. The van der Waals surface area contributed by atoms with E-state index in [-0.39, 0.29) is 5.60 Å². The van der Waals surface area contributed by atoms with Crippen molar-refractivity contribution in [2.45, 2.75) is 45.3 Å². The lowest BCUT2D eigenvalue weighted by Crippen LogP contribution is -2.36. The predicted molar refractivity (Wildman–Crippen MR) is 79.7 cm³/mol. The van der Waals surface area contributed by atoms with Crippen molar-refractivity contribution in [2.24, 2.45) is 0 Å². The van der Waals surface area contributed by atoms with E-state index >= 15 is 0 Å². The molecule has 0 saturated heterocycles. The molecule has 1 aromatic rings. The fraction of sp³-hybridized carbons (Fsp3) is 0.625. The van der Waals surface area contributed by atoms with Gasteiger partial charge in [-0.05, 0) is 52.3 Å². The molecule has 0 heterocycles. The van der Waals surface area contributed by atoms with Gasteiger partial charge in [0.2, 0.25) is 0 Å². The van der Waals surface area contributed by atoms with Crippen LogP contribution in [-0.2, 0) is 4.74 Å². The van der Waals surface area contributed by atoms with E-state index in [1.807, 2.05) is 30.3 Å². The molecule has 0 spiro atoms. The second-order valence-corrected chi connectivity index (χ2v) is 5.54. The minimum atomic E-state index is -0.0625. The van der Waals surface area contributed by atoms with Crippen LogP contribution in [0, 0.1) is 0 Å². The monoisotopic (exact) mass is 265 g/mol. The zero-order valence-electron chi connectivity index (χ0n) is 12.6. The van der Waals surface area contributed by atoms with Crippen molar-refractivity contribution in [1.82, 2.24) is 5.32 Å². The van der Waals surface area contributed by atoms with Crippen LogP contribution in [0.15, 0.2) is 30.3 Å². The molecular formula is C16H27NO2. The van der Waals surface area contributed by atoms with Gasteiger partial charge in [0.25, 0.3) is 0 Å². The van der Waals surface area contributed by atoms with E-state index in [9.17, 15) is 0 Å². The van der Waals surface area contributed by atoms with E-state index in [2.05, 4.69) is 26.1 Å². The predicted octanol–water partition coefficient (Wildman–Crippen LogP) is 3.25. The summed E-state index contributed by atoms with van der Waals surface area (Å²) in [7, 11) is 1.76. The Morgan fingerprint density at radius 1 is 1.21 bits per heavy atom. The SMILES string of the molecule is COC(C)(C)CC(C)NCCCOc1ccccc1. The van der Waals surface area contributed by atoms with Crippen LogP contribution in [0.3, 0.4) is 0 Å². The second kappa shape index (κ2) is 8.18. The van der Waals surface area contributed by atoms with Crippen molar-refractivity contribution < 1.29 is 9.47 Å². The number of methoxy groups -OCH3 is 1. The van der Waals surface area contributed by atoms with Gasteiger partial charge in [-0.15, -0.1) is 0 Å². The molecule has 108 valence electrons. The minimum Gasteiger partial charge on any atom is -0.494 e. The number of hydrogen-bond acceptors (Lipinski definition) is 3. The summed E-state index contributed by atoms with van der Waals surface area (Å²) in [4.78, 5) is 0. The van der Waals surface area contributed by atoms with Crippen LogP contribution in [0.25, 0.3) is 0 Å². The molecule has 1 atom stereocenters. The van der Waals surface area contributed by atoms with Crippen molar-refractivity contribution in [3.63, 3.8) is 0 Å². The summed E-state index contributed by atoms with van der Waals surface area (Å²) in [5.74, 6) is 0.941. The summed E-state index contributed by atoms with van der Waals surface area (Å²) >= 11 is 0. The Kier molecular flexibility index (Phi) is 6.89. The minimum absolute atomic E-state index is 0.0625. The molecule has 19 heavy (non-hydrogen) atoms. The molecule has 0 aliphatic rings. The van der Waals surface area contributed by atoms with Gasteiger partial charge in [-0.1, -0.05) is 18.2 Å². The smallest absolute Gasteiger partial charge is 0.119 e. The molecule has 1 rings (SSSR count). The number of benzene rings is 1. The maximum Gasteiger partial charge on any atom is 0.119 e. The molecule has 0 amide bonds. The second-order valence-electron chi connectivity index (χ2n) is 5.54. The third-order valence-electron chi connectivity index (χ3n) is 3.18. The maximum atomic E-state index is 5.65. The summed E-state index contributed by atoms with van der Waals surface area (Å²) in [6.45, 7) is 8.14. The maximum absolute atomic E-state index is 5.65. The quantitative estimate of drug-likeness (QED) is 0.695. The van der Waals surface area contributed by atoms with Crippen LogP contribution in [0.4, 0.5) is 0 Å². The molecule has 1 unspecified atom stereocenters. The van der Waals surface area contributed by atoms with Gasteiger partial charge in [-0.2, -0.15) is 0 Å². The number of ether oxygens (including phenoxy) is 2. The van der Waals surface area contributed by atoms with Gasteiger partial charge in [-0.25, -0.2) is 0 Å². The van der Waals surface area contributed by atoms with Crippen molar-refractivity contribution in [2.75, 3.05) is 20.3 Å². The Morgan fingerprint density at radius 2 is 1.89 bits per heavy atom. The largest absolute Gasteiger partial charge is 0.494 e. The van der Waals surface area contributed by atoms with Crippen LogP contribution in [0.5, 0.6) is 5.75 Å². The third-order valence-corrected chi connectivity index (χ3v) is 3.18. The highest BCUT2D eigenvalue weighted by Gasteiger charge is 2.19. The highest BCUT2D eigenvalue weighted by Crippen LogP contribution is 2.15. The van der Waals surface area contributed by atoms with Gasteiger partial charge >= 0.3 is 0 Å². The lowest BCUT2D eigenvalue weighted by atomic mass is 10.00. The van der Waals surface area contributed by atoms with Crippen LogP contribution >= 0.6 is 0 Å². The average Bonchev–Trinajstić information content (AvgIpc) is 2.39. The summed E-state index contributed by atoms with van der Waals surface area (Å²) in [5, 5.41) is 3.50.